The molecule has 2 aromatic carbocycles. The van der Waals surface area contributed by atoms with E-state index in [0.717, 1.165) is 10.0 Å². The minimum absolute atomic E-state index is 0.00102. The first-order valence-corrected chi connectivity index (χ1v) is 9.22. The Kier molecular flexibility index (Phi) is 5.84. The summed E-state index contributed by atoms with van der Waals surface area (Å²) in [6.07, 6.45) is 1.97. The first-order chi connectivity index (χ1) is 12.6. The van der Waals surface area contributed by atoms with Crippen molar-refractivity contribution < 1.29 is 9.53 Å². The number of ether oxygens (including phenoxy) is 1. The Bertz CT molecular complexity index is 889. The van der Waals surface area contributed by atoms with Gasteiger partial charge < -0.3 is 4.74 Å². The molecule has 0 N–H and O–H groups in total. The van der Waals surface area contributed by atoms with E-state index >= 15 is 0 Å². The summed E-state index contributed by atoms with van der Waals surface area (Å²) in [6.45, 7) is 2.08. The lowest BCUT2D eigenvalue weighted by Gasteiger charge is -2.20. The van der Waals surface area contributed by atoms with E-state index in [1.54, 1.807) is 25.4 Å². The molecular formula is C22H20BrNO2. The van der Waals surface area contributed by atoms with E-state index in [9.17, 15) is 4.79 Å². The Morgan fingerprint density at radius 2 is 1.81 bits per heavy atom. The Hall–Kier alpha value is -2.46. The third kappa shape index (κ3) is 4.20. The van der Waals surface area contributed by atoms with Gasteiger partial charge in [-0.15, -0.1) is 0 Å². The zero-order valence-electron chi connectivity index (χ0n) is 14.8. The first-order valence-electron chi connectivity index (χ1n) is 8.42. The van der Waals surface area contributed by atoms with E-state index in [1.165, 1.54) is 11.1 Å². The molecule has 3 nitrogen and oxygen atoms in total. The van der Waals surface area contributed by atoms with Crippen molar-refractivity contribution in [2.24, 2.45) is 0 Å². The Morgan fingerprint density at radius 1 is 1.08 bits per heavy atom. The van der Waals surface area contributed by atoms with E-state index in [1.807, 2.05) is 24.3 Å². The van der Waals surface area contributed by atoms with E-state index in [-0.39, 0.29) is 11.7 Å². The van der Waals surface area contributed by atoms with Gasteiger partial charge in [-0.2, -0.15) is 0 Å². The molecule has 4 heteroatoms. The highest BCUT2D eigenvalue weighted by Crippen LogP contribution is 2.32. The van der Waals surface area contributed by atoms with Crippen molar-refractivity contribution in [1.82, 2.24) is 4.98 Å². The number of rotatable bonds is 6. The SMILES string of the molecule is COc1ccc(C(=O)C[C@@H](c2ccc(Br)cc2)c2ccccc2C)cn1. The molecular weight excluding hydrogens is 390 g/mol. The topological polar surface area (TPSA) is 39.2 Å². The van der Waals surface area contributed by atoms with E-state index in [0.29, 0.717) is 17.9 Å². The average Bonchev–Trinajstić information content (AvgIpc) is 2.67. The standard InChI is InChI=1S/C22H20BrNO2/c1-15-5-3-4-6-19(15)20(16-7-10-18(23)11-8-16)13-21(25)17-9-12-22(26-2)24-14-17/h3-12,14,20H,13H2,1-2H3/t20-/m0/s1. The largest absolute Gasteiger partial charge is 0.481 e. The number of hydrogen-bond donors (Lipinski definition) is 0. The number of aromatic nitrogens is 1. The summed E-state index contributed by atoms with van der Waals surface area (Å²) in [5, 5.41) is 0. The van der Waals surface area contributed by atoms with Crippen molar-refractivity contribution in [3.05, 3.63) is 93.6 Å². The van der Waals surface area contributed by atoms with Crippen molar-refractivity contribution in [3.8, 4) is 5.88 Å². The van der Waals surface area contributed by atoms with Gasteiger partial charge in [-0.1, -0.05) is 52.3 Å². The quantitative estimate of drug-likeness (QED) is 0.499. The van der Waals surface area contributed by atoms with Gasteiger partial charge in [-0.05, 0) is 41.8 Å². The van der Waals surface area contributed by atoms with E-state index in [4.69, 9.17) is 4.74 Å². The highest BCUT2D eigenvalue weighted by Gasteiger charge is 2.21. The number of benzene rings is 2. The fraction of sp³-hybridized carbons (Fsp3) is 0.182. The van der Waals surface area contributed by atoms with Crippen molar-refractivity contribution in [2.45, 2.75) is 19.3 Å². The summed E-state index contributed by atoms with van der Waals surface area (Å²) in [6, 6.07) is 19.9. The summed E-state index contributed by atoms with van der Waals surface area (Å²) in [7, 11) is 1.56. The van der Waals surface area contributed by atoms with Gasteiger partial charge in [0.05, 0.1) is 7.11 Å². The molecule has 132 valence electrons. The molecule has 3 rings (SSSR count). The molecule has 0 aliphatic carbocycles. The van der Waals surface area contributed by atoms with Crippen molar-refractivity contribution in [3.63, 3.8) is 0 Å². The lowest BCUT2D eigenvalue weighted by Crippen LogP contribution is -2.11. The number of aryl methyl sites for hydroxylation is 1. The highest BCUT2D eigenvalue weighted by atomic mass is 79.9. The van der Waals surface area contributed by atoms with Gasteiger partial charge in [0.1, 0.15) is 0 Å². The molecule has 0 spiro atoms. The predicted molar refractivity (Wildman–Crippen MR) is 107 cm³/mol. The highest BCUT2D eigenvalue weighted by molar-refractivity contribution is 9.10. The second-order valence-corrected chi connectivity index (χ2v) is 7.09. The van der Waals surface area contributed by atoms with E-state index in [2.05, 4.69) is 52.1 Å². The predicted octanol–water partition coefficient (Wildman–Crippen LogP) is 5.57. The Morgan fingerprint density at radius 3 is 2.42 bits per heavy atom. The maximum atomic E-state index is 12.9. The fourth-order valence-electron chi connectivity index (χ4n) is 3.05. The third-order valence-electron chi connectivity index (χ3n) is 4.49. The average molecular weight is 410 g/mol. The minimum atomic E-state index is -0.00102. The van der Waals surface area contributed by atoms with Gasteiger partial charge in [0, 0.05) is 34.6 Å². The van der Waals surface area contributed by atoms with Gasteiger partial charge in [0.25, 0.3) is 0 Å². The number of hydrogen-bond acceptors (Lipinski definition) is 3. The van der Waals surface area contributed by atoms with Crippen molar-refractivity contribution >= 4 is 21.7 Å². The van der Waals surface area contributed by atoms with Gasteiger partial charge in [0.15, 0.2) is 5.78 Å². The Balaban J connectivity index is 1.94. The van der Waals surface area contributed by atoms with Crippen LogP contribution in [0.15, 0.2) is 71.3 Å². The van der Waals surface area contributed by atoms with Gasteiger partial charge in [0.2, 0.25) is 5.88 Å². The molecule has 3 aromatic rings. The van der Waals surface area contributed by atoms with Crippen molar-refractivity contribution in [2.75, 3.05) is 7.11 Å². The summed E-state index contributed by atoms with van der Waals surface area (Å²) in [5.41, 5.74) is 4.07. The molecule has 0 saturated heterocycles. The molecule has 0 amide bonds. The first kappa shape index (κ1) is 18.3. The summed E-state index contributed by atoms with van der Waals surface area (Å²) in [4.78, 5) is 17.0. The zero-order valence-corrected chi connectivity index (χ0v) is 16.4. The van der Waals surface area contributed by atoms with Crippen LogP contribution in [-0.2, 0) is 0 Å². The maximum Gasteiger partial charge on any atom is 0.212 e. The van der Waals surface area contributed by atoms with E-state index < -0.39 is 0 Å². The Labute approximate surface area is 162 Å². The molecule has 0 saturated carbocycles. The number of carbonyl (C=O) groups is 1. The van der Waals surface area contributed by atoms with Crippen LogP contribution < -0.4 is 4.74 Å². The lowest BCUT2D eigenvalue weighted by molar-refractivity contribution is 0.0977. The zero-order chi connectivity index (χ0) is 18.5. The number of methoxy groups -OCH3 is 1. The molecule has 0 aliphatic rings. The van der Waals surface area contributed by atoms with Gasteiger partial charge in [-0.25, -0.2) is 4.98 Å². The van der Waals surface area contributed by atoms with Crippen molar-refractivity contribution in [1.29, 1.82) is 0 Å². The molecule has 0 aliphatic heterocycles. The van der Waals surface area contributed by atoms with Crippen LogP contribution >= 0.6 is 15.9 Å². The lowest BCUT2D eigenvalue weighted by atomic mass is 9.84. The summed E-state index contributed by atoms with van der Waals surface area (Å²) in [5.74, 6) is 0.570. The van der Waals surface area contributed by atoms with Crippen LogP contribution in [0.5, 0.6) is 5.88 Å². The number of carbonyl (C=O) groups excluding carboxylic acids is 1. The maximum absolute atomic E-state index is 12.9. The number of Topliss-reactive ketones (excluding diaryl/α,β-unsaturated/α-hetero) is 1. The monoisotopic (exact) mass is 409 g/mol. The van der Waals surface area contributed by atoms with Crippen LogP contribution in [0.3, 0.4) is 0 Å². The number of nitrogens with zero attached hydrogens (tertiary/aromatic N) is 1. The molecule has 26 heavy (non-hydrogen) atoms. The molecule has 1 atom stereocenters. The molecule has 0 bridgehead atoms. The summed E-state index contributed by atoms with van der Waals surface area (Å²) >= 11 is 3.48. The van der Waals surface area contributed by atoms with Gasteiger partial charge in [-0.3, -0.25) is 4.79 Å². The number of ketones is 1. The number of pyridine rings is 1. The molecule has 1 aromatic heterocycles. The van der Waals surface area contributed by atoms with Crippen LogP contribution in [0, 0.1) is 6.92 Å². The molecule has 0 fully saturated rings. The van der Waals surface area contributed by atoms with Crippen LogP contribution in [-0.4, -0.2) is 17.9 Å². The molecule has 1 heterocycles. The second kappa shape index (κ2) is 8.28. The van der Waals surface area contributed by atoms with Gasteiger partial charge >= 0.3 is 0 Å². The molecule has 0 unspecified atom stereocenters. The fourth-order valence-corrected chi connectivity index (χ4v) is 3.31. The third-order valence-corrected chi connectivity index (χ3v) is 5.02. The van der Waals surface area contributed by atoms with Crippen LogP contribution in [0.2, 0.25) is 0 Å². The molecule has 0 radical (unpaired) electrons. The van der Waals surface area contributed by atoms with Crippen LogP contribution in [0.4, 0.5) is 0 Å². The van der Waals surface area contributed by atoms with Crippen LogP contribution in [0.25, 0.3) is 0 Å². The summed E-state index contributed by atoms with van der Waals surface area (Å²) < 4.78 is 6.09. The smallest absolute Gasteiger partial charge is 0.212 e. The number of halogens is 1. The van der Waals surface area contributed by atoms with Crippen LogP contribution in [0.1, 0.15) is 39.4 Å². The minimum Gasteiger partial charge on any atom is -0.481 e. The second-order valence-electron chi connectivity index (χ2n) is 6.18. The normalized spacial score (nSPS) is 11.8.